The second-order valence-electron chi connectivity index (χ2n) is 8.09. The van der Waals surface area contributed by atoms with Crippen molar-refractivity contribution < 1.29 is 18.3 Å². The summed E-state index contributed by atoms with van der Waals surface area (Å²) >= 11 is 0. The van der Waals surface area contributed by atoms with Crippen LogP contribution in [0.15, 0.2) is 12.1 Å². The van der Waals surface area contributed by atoms with Crippen LogP contribution in [0, 0.1) is 40.7 Å². The van der Waals surface area contributed by atoms with E-state index in [0.29, 0.717) is 19.1 Å². The molecular weight excluding hydrogens is 348 g/mol. The predicted octanol–water partition coefficient (Wildman–Crippen LogP) is 5.88. The average molecular weight is 377 g/mol. The molecule has 0 aromatic heterocycles. The van der Waals surface area contributed by atoms with Crippen molar-refractivity contribution in [3.8, 4) is 6.07 Å². The third-order valence-electron chi connectivity index (χ3n) is 6.06. The Morgan fingerprint density at radius 1 is 0.926 bits per heavy atom. The van der Waals surface area contributed by atoms with Gasteiger partial charge in [0.05, 0.1) is 13.2 Å². The maximum absolute atomic E-state index is 13.8. The molecule has 3 nitrogen and oxygen atoms in total. The van der Waals surface area contributed by atoms with Crippen LogP contribution in [-0.2, 0) is 9.47 Å². The van der Waals surface area contributed by atoms with Crippen LogP contribution in [-0.4, -0.2) is 13.2 Å². The molecule has 2 aliphatic rings. The molecule has 0 amide bonds. The first-order chi connectivity index (χ1) is 13.1. The van der Waals surface area contributed by atoms with Gasteiger partial charge in [-0.2, -0.15) is 5.26 Å². The van der Waals surface area contributed by atoms with Crippen LogP contribution >= 0.6 is 0 Å². The Bertz CT molecular complexity index is 634. The number of hydrogen-bond acceptors (Lipinski definition) is 3. The van der Waals surface area contributed by atoms with Gasteiger partial charge in [0.15, 0.2) is 6.29 Å². The number of halogens is 2. The molecular formula is C22H29F2NO2. The summed E-state index contributed by atoms with van der Waals surface area (Å²) in [5.41, 5.74) is -0.280. The van der Waals surface area contributed by atoms with Gasteiger partial charge in [-0.1, -0.05) is 51.9 Å². The molecule has 1 saturated heterocycles. The van der Waals surface area contributed by atoms with Gasteiger partial charge < -0.3 is 9.47 Å². The number of hydrogen-bond donors (Lipinski definition) is 0. The first-order valence-corrected chi connectivity index (χ1v) is 10.2. The van der Waals surface area contributed by atoms with Gasteiger partial charge in [-0.3, -0.25) is 0 Å². The molecule has 0 unspecified atom stereocenters. The lowest BCUT2D eigenvalue weighted by Gasteiger charge is -2.32. The van der Waals surface area contributed by atoms with Crippen LogP contribution in [0.3, 0.4) is 0 Å². The van der Waals surface area contributed by atoms with Crippen molar-refractivity contribution in [1.82, 2.24) is 0 Å². The fourth-order valence-corrected chi connectivity index (χ4v) is 4.43. The number of nitriles is 1. The summed E-state index contributed by atoms with van der Waals surface area (Å²) in [7, 11) is 0. The van der Waals surface area contributed by atoms with E-state index >= 15 is 0 Å². The molecule has 148 valence electrons. The largest absolute Gasteiger partial charge is 0.348 e. The average Bonchev–Trinajstić information content (AvgIpc) is 2.68. The Balaban J connectivity index is 1.43. The lowest BCUT2D eigenvalue weighted by atomic mass is 9.77. The van der Waals surface area contributed by atoms with E-state index in [1.54, 1.807) is 0 Å². The molecule has 0 spiro atoms. The molecule has 2 fully saturated rings. The zero-order valence-corrected chi connectivity index (χ0v) is 16.1. The van der Waals surface area contributed by atoms with Crippen molar-refractivity contribution in [3.63, 3.8) is 0 Å². The van der Waals surface area contributed by atoms with Gasteiger partial charge in [0.25, 0.3) is 0 Å². The van der Waals surface area contributed by atoms with E-state index in [0.717, 1.165) is 30.4 Å². The number of nitrogens with zero attached hydrogens (tertiary/aromatic N) is 1. The fraction of sp³-hybridized carbons (Fsp3) is 0.682. The maximum atomic E-state index is 13.8. The van der Waals surface area contributed by atoms with Crippen molar-refractivity contribution in [2.24, 2.45) is 17.8 Å². The molecule has 1 aliphatic carbocycles. The van der Waals surface area contributed by atoms with Gasteiger partial charge in [-0.25, -0.2) is 8.78 Å². The van der Waals surface area contributed by atoms with E-state index in [4.69, 9.17) is 14.7 Å². The highest BCUT2D eigenvalue weighted by molar-refractivity contribution is 5.35. The van der Waals surface area contributed by atoms with Crippen molar-refractivity contribution in [2.45, 2.75) is 64.6 Å². The highest BCUT2D eigenvalue weighted by atomic mass is 19.1. The summed E-state index contributed by atoms with van der Waals surface area (Å²) in [6, 6.07) is 3.78. The third-order valence-corrected chi connectivity index (χ3v) is 6.06. The molecule has 5 heteroatoms. The smallest absolute Gasteiger partial charge is 0.184 e. The third kappa shape index (κ3) is 5.27. The highest BCUT2D eigenvalue weighted by Crippen LogP contribution is 2.35. The molecule has 0 bridgehead atoms. The van der Waals surface area contributed by atoms with Gasteiger partial charge in [0.1, 0.15) is 23.3 Å². The first-order valence-electron chi connectivity index (χ1n) is 10.2. The Labute approximate surface area is 160 Å². The van der Waals surface area contributed by atoms with Gasteiger partial charge in [-0.05, 0) is 30.4 Å². The molecule has 1 saturated carbocycles. The van der Waals surface area contributed by atoms with Gasteiger partial charge in [0, 0.05) is 11.5 Å². The summed E-state index contributed by atoms with van der Waals surface area (Å²) < 4.78 is 39.0. The Hall–Kier alpha value is -1.51. The summed E-state index contributed by atoms with van der Waals surface area (Å²) in [5.74, 6) is 0.336. The Morgan fingerprint density at radius 3 is 1.96 bits per heavy atom. The summed E-state index contributed by atoms with van der Waals surface area (Å²) in [6.45, 7) is 3.35. The van der Waals surface area contributed by atoms with E-state index in [1.807, 2.05) is 0 Å². The van der Waals surface area contributed by atoms with Crippen molar-refractivity contribution in [2.75, 3.05) is 13.2 Å². The van der Waals surface area contributed by atoms with Gasteiger partial charge in [0.2, 0.25) is 0 Å². The predicted molar refractivity (Wildman–Crippen MR) is 98.8 cm³/mol. The normalized spacial score (nSPS) is 28.7. The van der Waals surface area contributed by atoms with Crippen LogP contribution < -0.4 is 0 Å². The maximum Gasteiger partial charge on any atom is 0.184 e. The minimum atomic E-state index is -0.875. The molecule has 1 aromatic carbocycles. The van der Waals surface area contributed by atoms with Crippen LogP contribution in [0.5, 0.6) is 0 Å². The lowest BCUT2D eigenvalue weighted by molar-refractivity contribution is -0.206. The first kappa shape index (κ1) is 20.2. The van der Waals surface area contributed by atoms with Gasteiger partial charge in [-0.15, -0.1) is 0 Å². The molecule has 0 N–H and O–H groups in total. The molecule has 27 heavy (non-hydrogen) atoms. The van der Waals surface area contributed by atoms with E-state index in [1.165, 1.54) is 51.0 Å². The Morgan fingerprint density at radius 2 is 1.44 bits per heavy atom. The molecule has 1 aromatic rings. The summed E-state index contributed by atoms with van der Waals surface area (Å²) in [6.07, 6.45) is 9.60. The van der Waals surface area contributed by atoms with Crippen molar-refractivity contribution >= 4 is 0 Å². The molecule has 0 atom stereocenters. The van der Waals surface area contributed by atoms with Crippen molar-refractivity contribution in [1.29, 1.82) is 5.26 Å². The molecule has 3 rings (SSSR count). The second kappa shape index (κ2) is 9.61. The lowest BCUT2D eigenvalue weighted by Crippen LogP contribution is -2.28. The SMILES string of the molecule is CCC[C@H]1CC[C@H](CC[C@H]2CO[C@H](c3cc(F)c(C#N)c(F)c3)OC2)CC1. The molecule has 1 heterocycles. The second-order valence-corrected chi connectivity index (χ2v) is 8.09. The van der Waals surface area contributed by atoms with Crippen LogP contribution in [0.2, 0.25) is 0 Å². The number of ether oxygens (including phenoxy) is 2. The zero-order chi connectivity index (χ0) is 19.2. The highest BCUT2D eigenvalue weighted by Gasteiger charge is 2.27. The Kier molecular flexibility index (Phi) is 7.20. The van der Waals surface area contributed by atoms with E-state index in [9.17, 15) is 8.78 Å². The van der Waals surface area contributed by atoms with E-state index in [-0.39, 0.29) is 5.56 Å². The standard InChI is InChI=1S/C22H29F2NO2/c1-2-3-15-4-6-16(7-5-15)8-9-17-13-26-22(27-14-17)18-10-20(23)19(12-25)21(24)11-18/h10-11,15-17,22H,2-9,13-14H2,1H3/t15-,16-,17-,22-. The molecule has 0 radical (unpaired) electrons. The minimum absolute atomic E-state index is 0.289. The topological polar surface area (TPSA) is 42.2 Å². The molecule has 1 aliphatic heterocycles. The summed E-state index contributed by atoms with van der Waals surface area (Å²) in [5, 5.41) is 8.75. The number of benzene rings is 1. The summed E-state index contributed by atoms with van der Waals surface area (Å²) in [4.78, 5) is 0. The van der Waals surface area contributed by atoms with Crippen LogP contribution in [0.1, 0.15) is 75.7 Å². The van der Waals surface area contributed by atoms with Crippen LogP contribution in [0.4, 0.5) is 8.78 Å². The van der Waals surface area contributed by atoms with Crippen LogP contribution in [0.25, 0.3) is 0 Å². The number of rotatable bonds is 6. The zero-order valence-electron chi connectivity index (χ0n) is 16.1. The van der Waals surface area contributed by atoms with Crippen molar-refractivity contribution in [3.05, 3.63) is 34.9 Å². The monoisotopic (exact) mass is 377 g/mol. The van der Waals surface area contributed by atoms with E-state index < -0.39 is 23.5 Å². The quantitative estimate of drug-likeness (QED) is 0.621. The fourth-order valence-electron chi connectivity index (χ4n) is 4.43. The minimum Gasteiger partial charge on any atom is -0.348 e. The van der Waals surface area contributed by atoms with Gasteiger partial charge >= 0.3 is 0 Å². The van der Waals surface area contributed by atoms with E-state index in [2.05, 4.69) is 6.92 Å².